The molecule has 2 aliphatic rings. The predicted octanol–water partition coefficient (Wildman–Crippen LogP) is 2.75. The summed E-state index contributed by atoms with van der Waals surface area (Å²) in [5, 5.41) is 10.2. The van der Waals surface area contributed by atoms with E-state index >= 15 is 0 Å². The van der Waals surface area contributed by atoms with Gasteiger partial charge in [-0.3, -0.25) is 4.79 Å². The third-order valence-electron chi connectivity index (χ3n) is 5.69. The maximum absolute atomic E-state index is 13.2. The number of rotatable bonds is 4. The van der Waals surface area contributed by atoms with E-state index in [2.05, 4.69) is 25.5 Å². The molecule has 0 aliphatic carbocycles. The van der Waals surface area contributed by atoms with E-state index in [1.807, 2.05) is 0 Å². The fourth-order valence-corrected chi connectivity index (χ4v) is 5.09. The largest absolute Gasteiger partial charge is 0.451 e. The van der Waals surface area contributed by atoms with Gasteiger partial charge in [0.05, 0.1) is 18.5 Å². The normalized spacial score (nSPS) is 17.1. The number of aryl methyl sites for hydroxylation is 1. The summed E-state index contributed by atoms with van der Waals surface area (Å²) in [5.74, 6) is -0.598. The number of hydrogen-bond acceptors (Lipinski definition) is 8. The minimum absolute atomic E-state index is 0.0144. The third kappa shape index (κ3) is 4.83. The van der Waals surface area contributed by atoms with Crippen LogP contribution in [0.5, 0.6) is 0 Å². The van der Waals surface area contributed by atoms with Crippen LogP contribution in [0.15, 0.2) is 6.07 Å². The van der Waals surface area contributed by atoms with Crippen molar-refractivity contribution < 1.29 is 31.1 Å². The van der Waals surface area contributed by atoms with Crippen molar-refractivity contribution in [3.8, 4) is 0 Å². The van der Waals surface area contributed by atoms with E-state index < -0.39 is 24.6 Å². The van der Waals surface area contributed by atoms with Crippen molar-refractivity contribution in [3.05, 3.63) is 22.6 Å². The molecule has 0 saturated carbocycles. The monoisotopic (exact) mass is 520 g/mol. The first-order valence-corrected chi connectivity index (χ1v) is 11.4. The van der Waals surface area contributed by atoms with Crippen molar-refractivity contribution in [1.82, 2.24) is 30.0 Å². The molecule has 1 fully saturated rings. The SMILES string of the molecule is O=C1CN(c2nc(N3CCn4c(nnc4C(F)(F)F)C3)c3cc(CCC(F)(F)F)sc3n2)CCN1. The van der Waals surface area contributed by atoms with Gasteiger partial charge in [-0.2, -0.15) is 31.3 Å². The lowest BCUT2D eigenvalue weighted by atomic mass is 10.2. The molecule has 0 unspecified atom stereocenters. The van der Waals surface area contributed by atoms with E-state index in [1.165, 1.54) is 0 Å². The fraction of sp³-hybridized carbons (Fsp3) is 0.526. The zero-order valence-electron chi connectivity index (χ0n) is 17.9. The molecule has 35 heavy (non-hydrogen) atoms. The number of amides is 1. The fourth-order valence-electron chi connectivity index (χ4n) is 4.07. The van der Waals surface area contributed by atoms with Crippen LogP contribution in [0.25, 0.3) is 10.2 Å². The van der Waals surface area contributed by atoms with Gasteiger partial charge in [0.25, 0.3) is 0 Å². The lowest BCUT2D eigenvalue weighted by molar-refractivity contribution is -0.147. The molecule has 5 rings (SSSR count). The van der Waals surface area contributed by atoms with Crippen LogP contribution in [-0.4, -0.2) is 63.0 Å². The maximum atomic E-state index is 13.2. The molecule has 5 heterocycles. The van der Waals surface area contributed by atoms with Gasteiger partial charge >= 0.3 is 12.4 Å². The van der Waals surface area contributed by atoms with Crippen LogP contribution in [-0.2, 0) is 30.5 Å². The summed E-state index contributed by atoms with van der Waals surface area (Å²) in [4.78, 5) is 25.2. The molecule has 1 saturated heterocycles. The molecule has 3 aromatic rings. The highest BCUT2D eigenvalue weighted by Crippen LogP contribution is 2.37. The zero-order valence-corrected chi connectivity index (χ0v) is 18.8. The average Bonchev–Trinajstić information content (AvgIpc) is 3.40. The Morgan fingerprint density at radius 3 is 2.51 bits per heavy atom. The molecule has 0 radical (unpaired) electrons. The number of hydrogen-bond donors (Lipinski definition) is 1. The van der Waals surface area contributed by atoms with Crippen molar-refractivity contribution in [2.75, 3.05) is 36.0 Å². The molecule has 0 atom stereocenters. The Kier molecular flexibility index (Phi) is 5.72. The van der Waals surface area contributed by atoms with Crippen LogP contribution in [0.3, 0.4) is 0 Å². The summed E-state index contributed by atoms with van der Waals surface area (Å²) < 4.78 is 78.9. The van der Waals surface area contributed by atoms with Gasteiger partial charge < -0.3 is 19.7 Å². The van der Waals surface area contributed by atoms with E-state index in [9.17, 15) is 31.1 Å². The minimum atomic E-state index is -4.64. The van der Waals surface area contributed by atoms with Gasteiger partial charge in [-0.25, -0.2) is 4.98 Å². The lowest BCUT2D eigenvalue weighted by Gasteiger charge is -2.31. The maximum Gasteiger partial charge on any atom is 0.451 e. The highest BCUT2D eigenvalue weighted by molar-refractivity contribution is 7.18. The zero-order chi connectivity index (χ0) is 25.0. The molecule has 188 valence electrons. The van der Waals surface area contributed by atoms with Crippen LogP contribution in [0.1, 0.15) is 22.9 Å². The number of thiophene rings is 1. The van der Waals surface area contributed by atoms with Crippen LogP contribution in [0.4, 0.5) is 38.1 Å². The number of aromatic nitrogens is 5. The molecule has 16 heteroatoms. The minimum Gasteiger partial charge on any atom is -0.353 e. The number of alkyl halides is 6. The van der Waals surface area contributed by atoms with Gasteiger partial charge in [-0.1, -0.05) is 0 Å². The number of anilines is 2. The first kappa shape index (κ1) is 23.6. The highest BCUT2D eigenvalue weighted by atomic mass is 32.1. The summed E-state index contributed by atoms with van der Waals surface area (Å²) in [5.41, 5.74) is 0. The van der Waals surface area contributed by atoms with E-state index in [1.54, 1.807) is 15.9 Å². The summed E-state index contributed by atoms with van der Waals surface area (Å²) in [6.45, 7) is 0.905. The Hall–Kier alpha value is -3.17. The van der Waals surface area contributed by atoms with Crippen LogP contribution in [0.2, 0.25) is 0 Å². The van der Waals surface area contributed by atoms with Gasteiger partial charge in [0, 0.05) is 37.5 Å². The van der Waals surface area contributed by atoms with Gasteiger partial charge in [-0.15, -0.1) is 21.5 Å². The predicted molar refractivity (Wildman–Crippen MR) is 113 cm³/mol. The Bertz CT molecular complexity index is 1270. The van der Waals surface area contributed by atoms with Gasteiger partial charge in [-0.05, 0) is 12.5 Å². The highest BCUT2D eigenvalue weighted by Gasteiger charge is 2.40. The van der Waals surface area contributed by atoms with Crippen molar-refractivity contribution >= 4 is 39.2 Å². The number of carbonyl (C=O) groups excluding carboxylic acids is 1. The van der Waals surface area contributed by atoms with E-state index in [0.29, 0.717) is 34.0 Å². The van der Waals surface area contributed by atoms with Gasteiger partial charge in [0.1, 0.15) is 10.6 Å². The van der Waals surface area contributed by atoms with Gasteiger partial charge in [0.2, 0.25) is 17.7 Å². The Balaban J connectivity index is 1.52. The van der Waals surface area contributed by atoms with Gasteiger partial charge in [0.15, 0.2) is 5.82 Å². The van der Waals surface area contributed by atoms with E-state index in [4.69, 9.17) is 0 Å². The number of nitrogens with one attached hydrogen (secondary N) is 1. The van der Waals surface area contributed by atoms with E-state index in [-0.39, 0.29) is 50.3 Å². The Labute approximate surface area is 197 Å². The molecule has 1 N–H and O–H groups in total. The summed E-state index contributed by atoms with van der Waals surface area (Å²) in [6, 6.07) is 1.59. The van der Waals surface area contributed by atoms with Crippen LogP contribution in [0, 0.1) is 0 Å². The van der Waals surface area contributed by atoms with Crippen molar-refractivity contribution in [1.29, 1.82) is 0 Å². The van der Waals surface area contributed by atoms with Crippen molar-refractivity contribution in [3.63, 3.8) is 0 Å². The third-order valence-corrected chi connectivity index (χ3v) is 6.78. The number of nitrogens with zero attached hydrogens (tertiary/aromatic N) is 7. The Morgan fingerprint density at radius 1 is 1.00 bits per heavy atom. The molecule has 3 aromatic heterocycles. The van der Waals surface area contributed by atoms with Crippen molar-refractivity contribution in [2.45, 2.75) is 38.3 Å². The first-order chi connectivity index (χ1) is 16.5. The molecule has 0 bridgehead atoms. The summed E-state index contributed by atoms with van der Waals surface area (Å²) >= 11 is 1.10. The van der Waals surface area contributed by atoms with E-state index in [0.717, 1.165) is 15.9 Å². The van der Waals surface area contributed by atoms with Crippen molar-refractivity contribution in [2.24, 2.45) is 0 Å². The number of carbonyl (C=O) groups is 1. The lowest BCUT2D eigenvalue weighted by Crippen LogP contribution is -2.48. The van der Waals surface area contributed by atoms with Crippen LogP contribution < -0.4 is 15.1 Å². The number of piperazine rings is 1. The molecular formula is C19H18F6N8OS. The average molecular weight is 520 g/mol. The van der Waals surface area contributed by atoms with Crippen LogP contribution >= 0.6 is 11.3 Å². The molecule has 9 nitrogen and oxygen atoms in total. The molecule has 0 aromatic carbocycles. The number of fused-ring (bicyclic) bond motifs is 2. The summed E-state index contributed by atoms with van der Waals surface area (Å²) in [7, 11) is 0. The topological polar surface area (TPSA) is 92.1 Å². The first-order valence-electron chi connectivity index (χ1n) is 10.6. The molecular weight excluding hydrogens is 502 g/mol. The second kappa shape index (κ2) is 8.49. The molecule has 2 aliphatic heterocycles. The standard InChI is InChI=1S/C19H18F6N8OS/c20-18(21,22)2-1-10-7-11-14(27-17(28-15(11)35-10)32-4-3-26-13(34)9-32)31-5-6-33-12(8-31)29-30-16(33)19(23,24)25/h7H,1-6,8-9H2,(H,26,34). The quantitative estimate of drug-likeness (QED) is 0.529. The Morgan fingerprint density at radius 2 is 1.80 bits per heavy atom. The second-order valence-corrected chi connectivity index (χ2v) is 9.29. The molecule has 0 spiro atoms. The smallest absolute Gasteiger partial charge is 0.353 e. The summed E-state index contributed by atoms with van der Waals surface area (Å²) in [6.07, 6.45) is -10.2. The second-order valence-electron chi connectivity index (χ2n) is 8.18. The molecule has 1 amide bonds. The number of halogens is 6.